The Hall–Kier alpha value is -1.07. The Morgan fingerprint density at radius 1 is 1.48 bits per heavy atom. The van der Waals surface area contributed by atoms with Gasteiger partial charge in [0, 0.05) is 10.5 Å². The van der Waals surface area contributed by atoms with Gasteiger partial charge < -0.3 is 15.6 Å². The first-order valence-electron chi connectivity index (χ1n) is 7.08. The van der Waals surface area contributed by atoms with Crippen molar-refractivity contribution in [1.29, 1.82) is 0 Å². The summed E-state index contributed by atoms with van der Waals surface area (Å²) in [5.41, 5.74) is 7.10. The Kier molecular flexibility index (Phi) is 6.23. The van der Waals surface area contributed by atoms with Crippen LogP contribution in [0.25, 0.3) is 0 Å². The molecule has 4 nitrogen and oxygen atoms in total. The molecule has 1 unspecified atom stereocenters. The molecule has 21 heavy (non-hydrogen) atoms. The van der Waals surface area contributed by atoms with Gasteiger partial charge in [0.15, 0.2) is 0 Å². The van der Waals surface area contributed by atoms with Crippen molar-refractivity contribution < 1.29 is 14.6 Å². The smallest absolute Gasteiger partial charge is 0.312 e. The van der Waals surface area contributed by atoms with Gasteiger partial charge >= 0.3 is 5.97 Å². The van der Waals surface area contributed by atoms with Crippen molar-refractivity contribution in [2.75, 3.05) is 6.61 Å². The number of benzene rings is 1. The second kappa shape index (κ2) is 7.27. The van der Waals surface area contributed by atoms with Crippen molar-refractivity contribution in [3.05, 3.63) is 27.7 Å². The summed E-state index contributed by atoms with van der Waals surface area (Å²) < 4.78 is 6.81. The van der Waals surface area contributed by atoms with E-state index in [9.17, 15) is 9.90 Å². The van der Waals surface area contributed by atoms with Crippen LogP contribution in [-0.4, -0.2) is 23.7 Å². The van der Waals surface area contributed by atoms with Crippen LogP contribution in [0, 0.1) is 12.3 Å². The van der Waals surface area contributed by atoms with Gasteiger partial charge in [-0.15, -0.1) is 0 Å². The lowest BCUT2D eigenvalue weighted by atomic mass is 9.95. The minimum absolute atomic E-state index is 0.0635. The molecule has 1 aromatic carbocycles. The highest BCUT2D eigenvalue weighted by atomic mass is 79.9. The highest BCUT2D eigenvalue weighted by Gasteiger charge is 2.28. The second-order valence-corrected chi connectivity index (χ2v) is 6.98. The predicted octanol–water partition coefficient (Wildman–Crippen LogP) is 3.53. The molecule has 5 heteroatoms. The first kappa shape index (κ1) is 18.0. The summed E-state index contributed by atoms with van der Waals surface area (Å²) in [6.07, 6.45) is 1.59. The number of nitrogens with two attached hydrogens (primary N) is 1. The number of ether oxygens (including phenoxy) is 1. The first-order valence-corrected chi connectivity index (χ1v) is 7.87. The third kappa shape index (κ3) is 5.00. The second-order valence-electron chi connectivity index (χ2n) is 6.06. The SMILES string of the molecule is CCC(N)Cc1cc(Br)cc(C)c1OCC(C)(C)C(=O)O. The Labute approximate surface area is 134 Å². The number of aliphatic carboxylic acids is 1. The Morgan fingerprint density at radius 3 is 2.62 bits per heavy atom. The zero-order valence-corrected chi connectivity index (χ0v) is 14.7. The third-order valence-corrected chi connectivity index (χ3v) is 3.94. The lowest BCUT2D eigenvalue weighted by molar-refractivity contribution is -0.148. The van der Waals surface area contributed by atoms with Crippen molar-refractivity contribution in [2.24, 2.45) is 11.1 Å². The molecule has 0 saturated carbocycles. The van der Waals surface area contributed by atoms with E-state index in [1.807, 2.05) is 26.0 Å². The number of carbonyl (C=O) groups is 1. The highest BCUT2D eigenvalue weighted by Crippen LogP contribution is 2.31. The van der Waals surface area contributed by atoms with Crippen LogP contribution in [0.4, 0.5) is 0 Å². The van der Waals surface area contributed by atoms with Crippen LogP contribution in [0.3, 0.4) is 0 Å². The average molecular weight is 358 g/mol. The highest BCUT2D eigenvalue weighted by molar-refractivity contribution is 9.10. The molecule has 0 aliphatic rings. The maximum atomic E-state index is 11.2. The van der Waals surface area contributed by atoms with Gasteiger partial charge in [-0.3, -0.25) is 4.79 Å². The molecule has 0 radical (unpaired) electrons. The van der Waals surface area contributed by atoms with Crippen LogP contribution in [-0.2, 0) is 11.2 Å². The fourth-order valence-corrected chi connectivity index (χ4v) is 2.52. The van der Waals surface area contributed by atoms with Crippen molar-refractivity contribution >= 4 is 21.9 Å². The zero-order valence-electron chi connectivity index (χ0n) is 13.1. The number of carboxylic acids is 1. The first-order chi connectivity index (χ1) is 9.67. The molecule has 1 rings (SSSR count). The normalized spacial score (nSPS) is 13.0. The lowest BCUT2D eigenvalue weighted by Gasteiger charge is -2.23. The van der Waals surface area contributed by atoms with Gasteiger partial charge in [0.05, 0.1) is 5.41 Å². The van der Waals surface area contributed by atoms with E-state index >= 15 is 0 Å². The standard InChI is InChI=1S/C16H24BrNO3/c1-5-13(18)8-11-7-12(17)6-10(2)14(11)21-9-16(3,4)15(19)20/h6-7,13H,5,8-9,18H2,1-4H3,(H,19,20). The molecular formula is C16H24BrNO3. The summed E-state index contributed by atoms with van der Waals surface area (Å²) in [5, 5.41) is 9.18. The van der Waals surface area contributed by atoms with Crippen LogP contribution in [0.15, 0.2) is 16.6 Å². The van der Waals surface area contributed by atoms with Crippen molar-refractivity contribution in [3.63, 3.8) is 0 Å². The Bertz CT molecular complexity index is 514. The largest absolute Gasteiger partial charge is 0.492 e. The van der Waals surface area contributed by atoms with E-state index < -0.39 is 11.4 Å². The van der Waals surface area contributed by atoms with Crippen LogP contribution >= 0.6 is 15.9 Å². The van der Waals surface area contributed by atoms with Gasteiger partial charge in [0.25, 0.3) is 0 Å². The summed E-state index contributed by atoms with van der Waals surface area (Å²) in [6.45, 7) is 7.43. The van der Waals surface area contributed by atoms with E-state index in [1.54, 1.807) is 13.8 Å². The number of rotatable bonds is 7. The van der Waals surface area contributed by atoms with Crippen molar-refractivity contribution in [1.82, 2.24) is 0 Å². The third-order valence-electron chi connectivity index (χ3n) is 3.48. The minimum atomic E-state index is -0.927. The molecule has 0 fully saturated rings. The lowest BCUT2D eigenvalue weighted by Crippen LogP contribution is -2.31. The molecular weight excluding hydrogens is 334 g/mol. The predicted molar refractivity (Wildman–Crippen MR) is 87.8 cm³/mol. The van der Waals surface area contributed by atoms with Crippen LogP contribution in [0.1, 0.15) is 38.3 Å². The molecule has 0 aliphatic heterocycles. The minimum Gasteiger partial charge on any atom is -0.492 e. The number of halogens is 1. The molecule has 0 amide bonds. The number of hydrogen-bond acceptors (Lipinski definition) is 3. The van der Waals surface area contributed by atoms with E-state index in [0.29, 0.717) is 6.42 Å². The van der Waals surface area contributed by atoms with Crippen LogP contribution in [0.5, 0.6) is 5.75 Å². The number of carboxylic acid groups (broad SMARTS) is 1. The summed E-state index contributed by atoms with van der Waals surface area (Å²) in [5.74, 6) is -0.125. The van der Waals surface area contributed by atoms with E-state index in [2.05, 4.69) is 15.9 Å². The fourth-order valence-electron chi connectivity index (χ4n) is 1.90. The monoisotopic (exact) mass is 357 g/mol. The maximum Gasteiger partial charge on any atom is 0.312 e. The molecule has 0 saturated heterocycles. The molecule has 0 aromatic heterocycles. The average Bonchev–Trinajstić information content (AvgIpc) is 2.36. The summed E-state index contributed by atoms with van der Waals surface area (Å²) >= 11 is 3.48. The molecule has 118 valence electrons. The Balaban J connectivity index is 3.02. The molecule has 0 aliphatic carbocycles. The van der Waals surface area contributed by atoms with E-state index in [-0.39, 0.29) is 12.6 Å². The number of aryl methyl sites for hydroxylation is 1. The molecule has 0 spiro atoms. The summed E-state index contributed by atoms with van der Waals surface area (Å²) in [4.78, 5) is 11.2. The van der Waals surface area contributed by atoms with Gasteiger partial charge in [-0.25, -0.2) is 0 Å². The molecule has 0 bridgehead atoms. The Morgan fingerprint density at radius 2 is 2.10 bits per heavy atom. The van der Waals surface area contributed by atoms with Crippen molar-refractivity contribution in [2.45, 2.75) is 46.6 Å². The molecule has 0 heterocycles. The molecule has 3 N–H and O–H groups in total. The quantitative estimate of drug-likeness (QED) is 0.782. The van der Waals surface area contributed by atoms with E-state index in [1.165, 1.54) is 0 Å². The van der Waals surface area contributed by atoms with Gasteiger partial charge in [-0.05, 0) is 56.9 Å². The zero-order chi connectivity index (χ0) is 16.2. The molecule has 1 aromatic rings. The van der Waals surface area contributed by atoms with Crippen LogP contribution < -0.4 is 10.5 Å². The summed E-state index contributed by atoms with van der Waals surface area (Å²) in [7, 11) is 0. The van der Waals surface area contributed by atoms with Crippen molar-refractivity contribution in [3.8, 4) is 5.75 Å². The maximum absolute atomic E-state index is 11.2. The molecule has 1 atom stereocenters. The fraction of sp³-hybridized carbons (Fsp3) is 0.562. The van der Waals surface area contributed by atoms with E-state index in [4.69, 9.17) is 10.5 Å². The van der Waals surface area contributed by atoms with Gasteiger partial charge in [-0.1, -0.05) is 22.9 Å². The van der Waals surface area contributed by atoms with E-state index in [0.717, 1.165) is 27.8 Å². The van der Waals surface area contributed by atoms with Gasteiger partial charge in [-0.2, -0.15) is 0 Å². The van der Waals surface area contributed by atoms with Gasteiger partial charge in [0.2, 0.25) is 0 Å². The summed E-state index contributed by atoms with van der Waals surface area (Å²) in [6, 6.07) is 4.02. The topological polar surface area (TPSA) is 72.5 Å². The van der Waals surface area contributed by atoms with Gasteiger partial charge in [0.1, 0.15) is 12.4 Å². The number of hydrogen-bond donors (Lipinski definition) is 2. The van der Waals surface area contributed by atoms with Crippen LogP contribution in [0.2, 0.25) is 0 Å².